The lowest BCUT2D eigenvalue weighted by molar-refractivity contribution is -0.139. The molecule has 0 spiro atoms. The van der Waals surface area contributed by atoms with Crippen LogP contribution in [0.1, 0.15) is 11.1 Å². The van der Waals surface area contributed by atoms with E-state index in [1.165, 1.54) is 10.8 Å². The van der Waals surface area contributed by atoms with Crippen LogP contribution in [0.5, 0.6) is 0 Å². The molecule has 0 aliphatic rings. The maximum absolute atomic E-state index is 11.7. The van der Waals surface area contributed by atoms with Gasteiger partial charge in [0.05, 0.1) is 0 Å². The average Bonchev–Trinajstić information content (AvgIpc) is 2.77. The molecule has 0 saturated heterocycles. The highest BCUT2D eigenvalue weighted by Crippen LogP contribution is 2.25. The van der Waals surface area contributed by atoms with Crippen LogP contribution >= 0.6 is 12.4 Å². The van der Waals surface area contributed by atoms with Crippen molar-refractivity contribution in [1.82, 2.24) is 5.32 Å². The van der Waals surface area contributed by atoms with Crippen LogP contribution in [0.25, 0.3) is 21.9 Å². The van der Waals surface area contributed by atoms with E-state index >= 15 is 0 Å². The highest BCUT2D eigenvalue weighted by molar-refractivity contribution is 5.87. The van der Waals surface area contributed by atoms with E-state index in [9.17, 15) is 9.90 Å². The van der Waals surface area contributed by atoms with Crippen molar-refractivity contribution in [3.63, 3.8) is 0 Å². The summed E-state index contributed by atoms with van der Waals surface area (Å²) in [5.74, 6) is -0.834. The van der Waals surface area contributed by atoms with E-state index in [0.717, 1.165) is 22.3 Å². The molecule has 0 unspecified atom stereocenters. The smallest absolute Gasteiger partial charge is 0.321 e. The minimum absolute atomic E-state index is 0. The van der Waals surface area contributed by atoms with E-state index in [1.54, 1.807) is 0 Å². The van der Waals surface area contributed by atoms with Crippen molar-refractivity contribution in [2.75, 3.05) is 0 Å². The Morgan fingerprint density at radius 2 is 1.37 bits per heavy atom. The predicted octanol–water partition coefficient (Wildman–Crippen LogP) is 5.71. The minimum atomic E-state index is -0.834. The van der Waals surface area contributed by atoms with Crippen molar-refractivity contribution >= 4 is 29.1 Å². The third-order valence-corrected chi connectivity index (χ3v) is 5.17. The molecular weight excluding hydrogens is 394 g/mol. The van der Waals surface area contributed by atoms with Gasteiger partial charge in [0.2, 0.25) is 0 Å². The van der Waals surface area contributed by atoms with Crippen LogP contribution in [-0.4, -0.2) is 17.1 Å². The SMILES string of the molecule is Cl.O=C(O)[C@H](Cc1ccc(-c2ccc3ccccc3c2)cc1)NCc1ccccc1. The van der Waals surface area contributed by atoms with Crippen molar-refractivity contribution in [2.24, 2.45) is 0 Å². The summed E-state index contributed by atoms with van der Waals surface area (Å²) < 4.78 is 0. The molecule has 4 rings (SSSR count). The number of fused-ring (bicyclic) bond motifs is 1. The maximum atomic E-state index is 11.7. The highest BCUT2D eigenvalue weighted by Gasteiger charge is 2.17. The van der Waals surface area contributed by atoms with Crippen LogP contribution in [0.3, 0.4) is 0 Å². The molecule has 4 aromatic rings. The molecule has 0 fully saturated rings. The minimum Gasteiger partial charge on any atom is -0.480 e. The van der Waals surface area contributed by atoms with E-state index < -0.39 is 12.0 Å². The number of carboxylic acid groups (broad SMARTS) is 1. The fourth-order valence-electron chi connectivity index (χ4n) is 3.52. The third kappa shape index (κ3) is 5.26. The molecular formula is C26H24ClNO2. The van der Waals surface area contributed by atoms with Gasteiger partial charge in [-0.15, -0.1) is 12.4 Å². The highest BCUT2D eigenvalue weighted by atomic mass is 35.5. The number of hydrogen-bond acceptors (Lipinski definition) is 2. The summed E-state index contributed by atoms with van der Waals surface area (Å²) in [7, 11) is 0. The number of benzene rings is 4. The van der Waals surface area contributed by atoms with E-state index in [-0.39, 0.29) is 12.4 Å². The van der Waals surface area contributed by atoms with Crippen LogP contribution in [0, 0.1) is 0 Å². The van der Waals surface area contributed by atoms with Crippen LogP contribution in [0.15, 0.2) is 97.1 Å². The van der Waals surface area contributed by atoms with Crippen LogP contribution < -0.4 is 5.32 Å². The molecule has 0 bridgehead atoms. The van der Waals surface area contributed by atoms with Gasteiger partial charge in [-0.2, -0.15) is 0 Å². The van der Waals surface area contributed by atoms with Crippen molar-refractivity contribution in [1.29, 1.82) is 0 Å². The monoisotopic (exact) mass is 417 g/mol. The zero-order valence-electron chi connectivity index (χ0n) is 16.5. The second-order valence-corrected chi connectivity index (χ2v) is 7.22. The molecule has 0 aliphatic carbocycles. The summed E-state index contributed by atoms with van der Waals surface area (Å²) in [5.41, 5.74) is 4.36. The Hall–Kier alpha value is -3.14. The second-order valence-electron chi connectivity index (χ2n) is 7.22. The van der Waals surface area contributed by atoms with Gasteiger partial charge in [0.15, 0.2) is 0 Å². The van der Waals surface area contributed by atoms with Crippen LogP contribution in [0.2, 0.25) is 0 Å². The zero-order chi connectivity index (χ0) is 20.1. The van der Waals surface area contributed by atoms with Crippen molar-refractivity contribution < 1.29 is 9.90 Å². The first kappa shape index (κ1) is 21.6. The normalized spacial score (nSPS) is 11.6. The van der Waals surface area contributed by atoms with Gasteiger partial charge in [0, 0.05) is 6.54 Å². The average molecular weight is 418 g/mol. The first-order chi connectivity index (χ1) is 14.2. The quantitative estimate of drug-likeness (QED) is 0.404. The number of aliphatic carboxylic acids is 1. The standard InChI is InChI=1S/C26H23NO2.ClH/c28-26(29)25(27-18-20-6-2-1-3-7-20)16-19-10-12-22(13-11-19)24-15-14-21-8-4-5-9-23(21)17-24;/h1-15,17,25,27H,16,18H2,(H,28,29);1H/t25-;/m0./s1. The Labute approximate surface area is 182 Å². The largest absolute Gasteiger partial charge is 0.480 e. The molecule has 0 aliphatic heterocycles. The Morgan fingerprint density at radius 3 is 2.07 bits per heavy atom. The second kappa shape index (κ2) is 10.1. The summed E-state index contributed by atoms with van der Waals surface area (Å²) in [6, 6.07) is 32.1. The van der Waals surface area contributed by atoms with Gasteiger partial charge in [0.25, 0.3) is 0 Å². The Kier molecular flexibility index (Phi) is 7.23. The molecule has 4 aromatic carbocycles. The van der Waals surface area contributed by atoms with Gasteiger partial charge >= 0.3 is 5.97 Å². The summed E-state index contributed by atoms with van der Waals surface area (Å²) in [6.07, 6.45) is 0.445. The summed E-state index contributed by atoms with van der Waals surface area (Å²) in [6.45, 7) is 0.535. The van der Waals surface area contributed by atoms with Gasteiger partial charge in [-0.3, -0.25) is 4.79 Å². The number of carbonyl (C=O) groups is 1. The molecule has 1 atom stereocenters. The fourth-order valence-corrected chi connectivity index (χ4v) is 3.52. The van der Waals surface area contributed by atoms with Crippen molar-refractivity contribution in [3.05, 3.63) is 108 Å². The van der Waals surface area contributed by atoms with Crippen molar-refractivity contribution in [3.8, 4) is 11.1 Å². The maximum Gasteiger partial charge on any atom is 0.321 e. The summed E-state index contributed by atoms with van der Waals surface area (Å²) in [4.78, 5) is 11.7. The molecule has 30 heavy (non-hydrogen) atoms. The van der Waals surface area contributed by atoms with E-state index in [0.29, 0.717) is 13.0 Å². The molecule has 0 aromatic heterocycles. The molecule has 0 heterocycles. The number of rotatable bonds is 7. The molecule has 2 N–H and O–H groups in total. The topological polar surface area (TPSA) is 49.3 Å². The zero-order valence-corrected chi connectivity index (χ0v) is 17.3. The molecule has 0 amide bonds. The van der Waals surface area contributed by atoms with E-state index in [1.807, 2.05) is 54.6 Å². The number of carboxylic acids is 1. The summed E-state index contributed by atoms with van der Waals surface area (Å²) in [5, 5.41) is 15.2. The molecule has 4 heteroatoms. The number of hydrogen-bond donors (Lipinski definition) is 2. The Morgan fingerprint density at radius 1 is 0.733 bits per heavy atom. The first-order valence-corrected chi connectivity index (χ1v) is 9.77. The lowest BCUT2D eigenvalue weighted by Gasteiger charge is -2.15. The lowest BCUT2D eigenvalue weighted by atomic mass is 9.98. The van der Waals surface area contributed by atoms with Crippen LogP contribution in [0.4, 0.5) is 0 Å². The van der Waals surface area contributed by atoms with Gasteiger partial charge in [-0.1, -0.05) is 91.0 Å². The molecule has 152 valence electrons. The number of halogens is 1. The summed E-state index contributed by atoms with van der Waals surface area (Å²) >= 11 is 0. The van der Waals surface area contributed by atoms with Gasteiger partial charge in [0.1, 0.15) is 6.04 Å². The third-order valence-electron chi connectivity index (χ3n) is 5.17. The lowest BCUT2D eigenvalue weighted by Crippen LogP contribution is -2.38. The first-order valence-electron chi connectivity index (χ1n) is 9.77. The van der Waals surface area contributed by atoms with Gasteiger partial charge in [-0.25, -0.2) is 0 Å². The molecule has 3 nitrogen and oxygen atoms in total. The molecule has 0 saturated carbocycles. The fraction of sp³-hybridized carbons (Fsp3) is 0.115. The van der Waals surface area contributed by atoms with Crippen LogP contribution in [-0.2, 0) is 17.8 Å². The van der Waals surface area contributed by atoms with Crippen molar-refractivity contribution in [2.45, 2.75) is 19.0 Å². The van der Waals surface area contributed by atoms with E-state index in [2.05, 4.69) is 47.8 Å². The number of nitrogens with one attached hydrogen (secondary N) is 1. The van der Waals surface area contributed by atoms with E-state index in [4.69, 9.17) is 0 Å². The Bertz CT molecular complexity index is 1110. The van der Waals surface area contributed by atoms with Gasteiger partial charge < -0.3 is 10.4 Å². The van der Waals surface area contributed by atoms with Gasteiger partial charge in [-0.05, 0) is 45.5 Å². The predicted molar refractivity (Wildman–Crippen MR) is 125 cm³/mol. The molecule has 0 radical (unpaired) electrons. The Balaban J connectivity index is 0.00000256.